The molecule has 2 aromatic heterocycles. The maximum absolute atomic E-state index is 5.35. The topological polar surface area (TPSA) is 34.1 Å². The molecule has 124 valence electrons. The second kappa shape index (κ2) is 8.13. The predicted octanol–water partition coefficient (Wildman–Crippen LogP) is 6.51. The fourth-order valence-corrected chi connectivity index (χ4v) is 3.97. The van der Waals surface area contributed by atoms with Crippen LogP contribution in [0, 0.1) is 13.8 Å². The average molecular weight is 349 g/mol. The highest BCUT2D eigenvalue weighted by Crippen LogP contribution is 2.35. The van der Waals surface area contributed by atoms with E-state index in [0.717, 1.165) is 22.3 Å². The van der Waals surface area contributed by atoms with Gasteiger partial charge in [-0.05, 0) is 37.6 Å². The summed E-state index contributed by atoms with van der Waals surface area (Å²) in [5.74, 6) is 0.817. The lowest BCUT2D eigenvalue weighted by molar-refractivity contribution is 0.417. The molecule has 3 aromatic rings. The van der Waals surface area contributed by atoms with Crippen LogP contribution in [0.25, 0.3) is 10.6 Å². The van der Waals surface area contributed by atoms with Crippen molar-refractivity contribution in [3.8, 4) is 16.3 Å². The third kappa shape index (κ3) is 4.12. The van der Waals surface area contributed by atoms with Gasteiger partial charge in [0, 0.05) is 11.7 Å². The average Bonchev–Trinajstić information content (AvgIpc) is 3.16. The molecule has 0 amide bonds. The van der Waals surface area contributed by atoms with Gasteiger partial charge < -0.3 is 10.1 Å². The Hall–Kier alpha value is -1.85. The minimum Gasteiger partial charge on any atom is -0.495 e. The summed E-state index contributed by atoms with van der Waals surface area (Å²) < 4.78 is 5.35. The van der Waals surface area contributed by atoms with E-state index in [2.05, 4.69) is 35.6 Å². The molecule has 3 rings (SSSR count). The molecular formula is C18H24N2OS2. The first-order valence-electron chi connectivity index (χ1n) is 7.60. The fraction of sp³-hybridized carbons (Fsp3) is 0.278. The van der Waals surface area contributed by atoms with Gasteiger partial charge in [-0.1, -0.05) is 26.0 Å². The molecule has 0 aliphatic rings. The van der Waals surface area contributed by atoms with Crippen LogP contribution in [0.5, 0.6) is 5.75 Å². The van der Waals surface area contributed by atoms with E-state index in [1.807, 2.05) is 38.1 Å². The van der Waals surface area contributed by atoms with Gasteiger partial charge in [0.05, 0.1) is 23.4 Å². The number of anilines is 2. The van der Waals surface area contributed by atoms with Gasteiger partial charge in [-0.2, -0.15) is 0 Å². The van der Waals surface area contributed by atoms with Crippen LogP contribution in [-0.4, -0.2) is 12.1 Å². The van der Waals surface area contributed by atoms with Gasteiger partial charge in [0.25, 0.3) is 0 Å². The lowest BCUT2D eigenvalue weighted by atomic mass is 10.2. The van der Waals surface area contributed by atoms with Gasteiger partial charge in [-0.3, -0.25) is 0 Å². The summed E-state index contributed by atoms with van der Waals surface area (Å²) in [6.07, 6.45) is 0. The van der Waals surface area contributed by atoms with Crippen molar-refractivity contribution < 1.29 is 6.16 Å². The van der Waals surface area contributed by atoms with Crippen LogP contribution < -0.4 is 10.1 Å². The van der Waals surface area contributed by atoms with Crippen LogP contribution in [-0.2, 0) is 0 Å². The number of nitrogens with zero attached hydrogens (tertiary/aromatic N) is 1. The van der Waals surface area contributed by atoms with Crippen LogP contribution in [0.15, 0.2) is 35.7 Å². The summed E-state index contributed by atoms with van der Waals surface area (Å²) >= 11 is 3.39. The van der Waals surface area contributed by atoms with E-state index in [-0.39, 0.29) is 1.43 Å². The fourth-order valence-electron chi connectivity index (χ4n) is 2.19. The van der Waals surface area contributed by atoms with Crippen molar-refractivity contribution in [1.82, 2.24) is 4.98 Å². The minimum absolute atomic E-state index is 0. The monoisotopic (exact) mass is 348 g/mol. The molecule has 0 saturated heterocycles. The maximum atomic E-state index is 5.35. The maximum Gasteiger partial charge on any atom is 0.187 e. The van der Waals surface area contributed by atoms with E-state index in [0.29, 0.717) is 0 Å². The normalized spacial score (nSPS) is 9.96. The summed E-state index contributed by atoms with van der Waals surface area (Å²) in [6.45, 7) is 8.26. The summed E-state index contributed by atoms with van der Waals surface area (Å²) in [5, 5.41) is 6.30. The molecule has 5 heteroatoms. The number of hydrogen-bond donors (Lipinski definition) is 1. The number of aryl methyl sites for hydroxylation is 2. The zero-order valence-corrected chi connectivity index (χ0v) is 15.8. The molecule has 23 heavy (non-hydrogen) atoms. The number of hydrogen-bond acceptors (Lipinski definition) is 5. The lowest BCUT2D eigenvalue weighted by Crippen LogP contribution is -1.93. The van der Waals surface area contributed by atoms with Crippen LogP contribution in [0.2, 0.25) is 0 Å². The number of rotatable bonds is 4. The number of thiazole rings is 1. The van der Waals surface area contributed by atoms with E-state index < -0.39 is 0 Å². The zero-order valence-electron chi connectivity index (χ0n) is 14.1. The molecule has 0 aliphatic heterocycles. The smallest absolute Gasteiger partial charge is 0.187 e. The first kappa shape index (κ1) is 17.5. The molecule has 3 nitrogen and oxygen atoms in total. The van der Waals surface area contributed by atoms with Crippen molar-refractivity contribution in [3.05, 3.63) is 46.2 Å². The highest BCUT2D eigenvalue weighted by Gasteiger charge is 2.11. The van der Waals surface area contributed by atoms with Crippen molar-refractivity contribution >= 4 is 33.5 Å². The minimum atomic E-state index is 0. The number of benzene rings is 1. The van der Waals surface area contributed by atoms with Gasteiger partial charge in [-0.25, -0.2) is 4.98 Å². The van der Waals surface area contributed by atoms with E-state index in [1.165, 1.54) is 15.3 Å². The SMILES string of the molecule is CC.COc1ccccc1Nc1nc(-c2sc(C)cc2C)cs1.[HH]. The van der Waals surface area contributed by atoms with Crippen molar-refractivity contribution in [2.45, 2.75) is 27.7 Å². The Kier molecular flexibility index (Phi) is 6.19. The highest BCUT2D eigenvalue weighted by molar-refractivity contribution is 7.17. The standard InChI is InChI=1S/C16H16N2OS2.C2H6.H2/c1-10-8-11(2)21-15(10)13-9-20-16(18-13)17-12-6-4-5-7-14(12)19-3;1-2;/h4-9H,1-3H3,(H,17,18);1-2H3;1H. The van der Waals surface area contributed by atoms with Crippen molar-refractivity contribution in [2.75, 3.05) is 12.4 Å². The molecular weight excluding hydrogens is 324 g/mol. The Morgan fingerprint density at radius 3 is 2.57 bits per heavy atom. The lowest BCUT2D eigenvalue weighted by Gasteiger charge is -2.07. The van der Waals surface area contributed by atoms with E-state index in [4.69, 9.17) is 4.74 Å². The van der Waals surface area contributed by atoms with Gasteiger partial charge in [-0.15, -0.1) is 22.7 Å². The number of thiophene rings is 1. The molecule has 0 radical (unpaired) electrons. The van der Waals surface area contributed by atoms with Gasteiger partial charge >= 0.3 is 0 Å². The van der Waals surface area contributed by atoms with Gasteiger partial charge in [0.15, 0.2) is 5.13 Å². The molecule has 0 spiro atoms. The number of para-hydroxylation sites is 2. The van der Waals surface area contributed by atoms with E-state index in [1.54, 1.807) is 29.8 Å². The van der Waals surface area contributed by atoms with Crippen LogP contribution in [0.1, 0.15) is 25.7 Å². The second-order valence-electron chi connectivity index (χ2n) is 4.73. The second-order valence-corrected chi connectivity index (χ2v) is 6.85. The molecule has 1 aromatic carbocycles. The Balaban J connectivity index is 0.000000925. The molecule has 0 atom stereocenters. The Morgan fingerprint density at radius 1 is 1.17 bits per heavy atom. The number of ether oxygens (including phenoxy) is 1. The molecule has 0 saturated carbocycles. The summed E-state index contributed by atoms with van der Waals surface area (Å²) in [5.41, 5.74) is 3.25. The summed E-state index contributed by atoms with van der Waals surface area (Å²) in [6, 6.07) is 10.1. The highest BCUT2D eigenvalue weighted by atomic mass is 32.1. The molecule has 0 aliphatic carbocycles. The first-order valence-corrected chi connectivity index (χ1v) is 9.30. The molecule has 0 unspecified atom stereocenters. The van der Waals surface area contributed by atoms with Gasteiger partial charge in [0.1, 0.15) is 5.75 Å². The zero-order chi connectivity index (χ0) is 16.8. The van der Waals surface area contributed by atoms with E-state index in [9.17, 15) is 0 Å². The van der Waals surface area contributed by atoms with Crippen LogP contribution in [0.4, 0.5) is 10.8 Å². The Morgan fingerprint density at radius 2 is 1.91 bits per heavy atom. The Bertz CT molecular complexity index is 768. The van der Waals surface area contributed by atoms with E-state index >= 15 is 0 Å². The quantitative estimate of drug-likeness (QED) is 0.583. The van der Waals surface area contributed by atoms with Crippen molar-refractivity contribution in [3.63, 3.8) is 0 Å². The Labute approximate surface area is 147 Å². The third-order valence-electron chi connectivity index (χ3n) is 3.13. The molecule has 0 bridgehead atoms. The summed E-state index contributed by atoms with van der Waals surface area (Å²) in [4.78, 5) is 7.25. The summed E-state index contributed by atoms with van der Waals surface area (Å²) in [7, 11) is 1.67. The number of methoxy groups -OCH3 is 1. The van der Waals surface area contributed by atoms with Crippen LogP contribution in [0.3, 0.4) is 0 Å². The molecule has 0 fully saturated rings. The van der Waals surface area contributed by atoms with Crippen molar-refractivity contribution in [2.24, 2.45) is 0 Å². The molecule has 2 heterocycles. The first-order chi connectivity index (χ1) is 11.2. The largest absolute Gasteiger partial charge is 0.495 e. The van der Waals surface area contributed by atoms with Gasteiger partial charge in [0.2, 0.25) is 0 Å². The van der Waals surface area contributed by atoms with Crippen LogP contribution >= 0.6 is 22.7 Å². The predicted molar refractivity (Wildman–Crippen MR) is 105 cm³/mol. The van der Waals surface area contributed by atoms with Crippen molar-refractivity contribution in [1.29, 1.82) is 0 Å². The molecule has 1 N–H and O–H groups in total. The third-order valence-corrected chi connectivity index (χ3v) is 5.06. The number of nitrogens with one attached hydrogen (secondary N) is 1. The number of aromatic nitrogens is 1.